The van der Waals surface area contributed by atoms with Crippen molar-refractivity contribution in [3.05, 3.63) is 35.4 Å². The Balaban J connectivity index is 2.30. The van der Waals surface area contributed by atoms with E-state index < -0.39 is 59.9 Å². The number of amides is 1. The van der Waals surface area contributed by atoms with Crippen molar-refractivity contribution < 1.29 is 36.2 Å². The molecule has 2 rings (SSSR count). The number of nitrogens with zero attached hydrogens (tertiary/aromatic N) is 1. The number of nitrogens with one attached hydrogen (secondary N) is 2. The summed E-state index contributed by atoms with van der Waals surface area (Å²) in [4.78, 5) is 12.6. The first kappa shape index (κ1) is 24.9. The number of benzene rings is 1. The molecule has 1 fully saturated rings. The third-order valence-corrected chi connectivity index (χ3v) is 4.88. The van der Waals surface area contributed by atoms with Gasteiger partial charge in [-0.2, -0.15) is 18.4 Å². The van der Waals surface area contributed by atoms with E-state index in [2.05, 4.69) is 10.6 Å². The Kier molecular flexibility index (Phi) is 7.28. The normalized spacial score (nSPS) is 18.7. The number of carbonyl (C=O) groups is 1. The van der Waals surface area contributed by atoms with Gasteiger partial charge in [0.2, 0.25) is 5.91 Å². The summed E-state index contributed by atoms with van der Waals surface area (Å²) in [6.45, 7) is 2.21. The summed E-state index contributed by atoms with van der Waals surface area (Å²) in [6.07, 6.45) is -10.1. The standard InChI is InChI=1S/C20H23F6N3O2/c1-18(2,23)9-13(17(31)29-19(10-27)7-8-19)28-15(20(24,25)26)12-5-3-11(4-6-12)14(30)16(21)22/h3-6,13-16,28,30H,7-9H2,1-2H3,(H,29,31)/t13-,14+,15-/m0/s1. The summed E-state index contributed by atoms with van der Waals surface area (Å²) in [5, 5.41) is 23.0. The monoisotopic (exact) mass is 451 g/mol. The molecule has 172 valence electrons. The quantitative estimate of drug-likeness (QED) is 0.498. The Hall–Kier alpha value is -2.32. The van der Waals surface area contributed by atoms with Gasteiger partial charge >= 0.3 is 6.18 Å². The average Bonchev–Trinajstić information content (AvgIpc) is 3.42. The first-order chi connectivity index (χ1) is 14.2. The van der Waals surface area contributed by atoms with E-state index >= 15 is 0 Å². The largest absolute Gasteiger partial charge is 0.407 e. The molecule has 0 radical (unpaired) electrons. The molecule has 1 aromatic rings. The Bertz CT molecular complexity index is 810. The minimum atomic E-state index is -4.91. The maximum atomic E-state index is 14.2. The van der Waals surface area contributed by atoms with Crippen molar-refractivity contribution in [2.75, 3.05) is 0 Å². The molecule has 0 aliphatic heterocycles. The lowest BCUT2D eigenvalue weighted by Gasteiger charge is -2.30. The molecule has 1 aromatic carbocycles. The number of rotatable bonds is 9. The van der Waals surface area contributed by atoms with Crippen molar-refractivity contribution in [1.82, 2.24) is 10.6 Å². The van der Waals surface area contributed by atoms with Crippen molar-refractivity contribution in [3.8, 4) is 6.07 Å². The van der Waals surface area contributed by atoms with Gasteiger partial charge in [0.15, 0.2) is 0 Å². The van der Waals surface area contributed by atoms with Gasteiger partial charge in [0, 0.05) is 6.42 Å². The molecule has 3 N–H and O–H groups in total. The third kappa shape index (κ3) is 6.83. The Morgan fingerprint density at radius 2 is 1.68 bits per heavy atom. The molecule has 0 bridgehead atoms. The molecule has 0 spiro atoms. The van der Waals surface area contributed by atoms with Crippen LogP contribution in [0.25, 0.3) is 0 Å². The van der Waals surface area contributed by atoms with Gasteiger partial charge in [0.1, 0.15) is 23.4 Å². The molecule has 0 heterocycles. The fourth-order valence-corrected chi connectivity index (χ4v) is 3.04. The Morgan fingerprint density at radius 1 is 1.16 bits per heavy atom. The number of nitriles is 1. The number of hydrogen-bond donors (Lipinski definition) is 3. The number of carbonyl (C=O) groups excluding carboxylic acids is 1. The minimum absolute atomic E-state index is 0.274. The number of aliphatic hydroxyl groups is 1. The fourth-order valence-electron chi connectivity index (χ4n) is 3.04. The van der Waals surface area contributed by atoms with Gasteiger partial charge in [-0.1, -0.05) is 24.3 Å². The molecule has 1 aliphatic rings. The van der Waals surface area contributed by atoms with Crippen LogP contribution in [0, 0.1) is 11.3 Å². The van der Waals surface area contributed by atoms with Gasteiger partial charge in [-0.15, -0.1) is 0 Å². The van der Waals surface area contributed by atoms with Crippen LogP contribution in [-0.4, -0.2) is 40.9 Å². The molecule has 0 saturated heterocycles. The number of aliphatic hydroxyl groups excluding tert-OH is 1. The molecule has 0 aromatic heterocycles. The van der Waals surface area contributed by atoms with Crippen LogP contribution < -0.4 is 10.6 Å². The zero-order chi connectivity index (χ0) is 23.6. The van der Waals surface area contributed by atoms with Crippen LogP contribution in [-0.2, 0) is 4.79 Å². The predicted molar refractivity (Wildman–Crippen MR) is 98.7 cm³/mol. The third-order valence-electron chi connectivity index (χ3n) is 4.88. The fraction of sp³-hybridized carbons (Fsp3) is 0.600. The van der Waals surface area contributed by atoms with Gasteiger partial charge in [0.05, 0.1) is 12.1 Å². The molecule has 0 unspecified atom stereocenters. The van der Waals surface area contributed by atoms with Crippen molar-refractivity contribution in [1.29, 1.82) is 5.26 Å². The predicted octanol–water partition coefficient (Wildman–Crippen LogP) is 3.86. The van der Waals surface area contributed by atoms with Crippen LogP contribution in [0.1, 0.15) is 56.4 Å². The van der Waals surface area contributed by atoms with E-state index in [9.17, 15) is 36.2 Å². The summed E-state index contributed by atoms with van der Waals surface area (Å²) in [5.41, 5.74) is -3.84. The lowest BCUT2D eigenvalue weighted by Crippen LogP contribution is -2.53. The van der Waals surface area contributed by atoms with E-state index in [0.717, 1.165) is 38.1 Å². The highest BCUT2D eigenvalue weighted by molar-refractivity contribution is 5.83. The highest BCUT2D eigenvalue weighted by atomic mass is 19.4. The SMILES string of the molecule is CC(C)(F)C[C@H](N[C@@H](c1ccc([C@@H](O)C(F)F)cc1)C(F)(F)F)C(=O)NC1(C#N)CC1. The van der Waals surface area contributed by atoms with Gasteiger partial charge < -0.3 is 10.4 Å². The van der Waals surface area contributed by atoms with Crippen LogP contribution in [0.2, 0.25) is 0 Å². The van der Waals surface area contributed by atoms with E-state index in [-0.39, 0.29) is 5.56 Å². The first-order valence-corrected chi connectivity index (χ1v) is 9.48. The highest BCUT2D eigenvalue weighted by Crippen LogP contribution is 2.37. The summed E-state index contributed by atoms with van der Waals surface area (Å²) < 4.78 is 80.7. The van der Waals surface area contributed by atoms with Crippen LogP contribution in [0.15, 0.2) is 24.3 Å². The maximum absolute atomic E-state index is 14.2. The summed E-state index contributed by atoms with van der Waals surface area (Å²) in [5.74, 6) is -0.941. The van der Waals surface area contributed by atoms with Crippen LogP contribution in [0.4, 0.5) is 26.3 Å². The molecule has 1 aliphatic carbocycles. The number of hydrogen-bond acceptors (Lipinski definition) is 4. The molecular weight excluding hydrogens is 428 g/mol. The van der Waals surface area contributed by atoms with Crippen LogP contribution in [0.5, 0.6) is 0 Å². The maximum Gasteiger partial charge on any atom is 0.407 e. The van der Waals surface area contributed by atoms with Crippen LogP contribution in [0.3, 0.4) is 0 Å². The second-order valence-corrected chi connectivity index (χ2v) is 8.25. The molecule has 5 nitrogen and oxygen atoms in total. The Labute approximate surface area is 175 Å². The molecule has 31 heavy (non-hydrogen) atoms. The zero-order valence-electron chi connectivity index (χ0n) is 16.8. The van der Waals surface area contributed by atoms with Gasteiger partial charge in [-0.3, -0.25) is 10.1 Å². The average molecular weight is 451 g/mol. The summed E-state index contributed by atoms with van der Waals surface area (Å²) in [6, 6.07) is 1.50. The van der Waals surface area contributed by atoms with Crippen molar-refractivity contribution in [2.45, 2.75) is 75.1 Å². The van der Waals surface area contributed by atoms with Crippen molar-refractivity contribution in [3.63, 3.8) is 0 Å². The molecule has 1 amide bonds. The second-order valence-electron chi connectivity index (χ2n) is 8.25. The smallest absolute Gasteiger partial charge is 0.382 e. The second kappa shape index (κ2) is 9.04. The lowest BCUT2D eigenvalue weighted by molar-refractivity contribution is -0.161. The van der Waals surface area contributed by atoms with E-state index in [0.29, 0.717) is 12.8 Å². The van der Waals surface area contributed by atoms with Gasteiger partial charge in [-0.25, -0.2) is 13.2 Å². The van der Waals surface area contributed by atoms with Crippen molar-refractivity contribution in [2.24, 2.45) is 0 Å². The van der Waals surface area contributed by atoms with E-state index in [1.54, 1.807) is 0 Å². The van der Waals surface area contributed by atoms with E-state index in [4.69, 9.17) is 5.26 Å². The first-order valence-electron chi connectivity index (χ1n) is 9.48. The molecule has 1 saturated carbocycles. The molecule has 3 atom stereocenters. The summed E-state index contributed by atoms with van der Waals surface area (Å²) >= 11 is 0. The van der Waals surface area contributed by atoms with E-state index in [1.807, 2.05) is 6.07 Å². The van der Waals surface area contributed by atoms with Gasteiger partial charge in [0.25, 0.3) is 6.43 Å². The molecular formula is C20H23F6N3O2. The Morgan fingerprint density at radius 3 is 2.06 bits per heavy atom. The zero-order valence-corrected chi connectivity index (χ0v) is 16.8. The topological polar surface area (TPSA) is 85.2 Å². The number of alkyl halides is 6. The van der Waals surface area contributed by atoms with E-state index in [1.165, 1.54) is 0 Å². The van der Waals surface area contributed by atoms with Gasteiger partial charge in [-0.05, 0) is 37.8 Å². The van der Waals surface area contributed by atoms with Crippen molar-refractivity contribution >= 4 is 5.91 Å². The number of halogens is 6. The van der Waals surface area contributed by atoms with Crippen LogP contribution >= 0.6 is 0 Å². The minimum Gasteiger partial charge on any atom is -0.382 e. The molecule has 11 heteroatoms. The summed E-state index contributed by atoms with van der Waals surface area (Å²) in [7, 11) is 0. The lowest BCUT2D eigenvalue weighted by atomic mass is 9.96. The highest BCUT2D eigenvalue weighted by Gasteiger charge is 2.48.